The van der Waals surface area contributed by atoms with E-state index in [1.54, 1.807) is 12.0 Å². The molecule has 2 aromatic carbocycles. The zero-order valence-corrected chi connectivity index (χ0v) is 19.2. The molecule has 1 fully saturated rings. The van der Waals surface area contributed by atoms with Crippen LogP contribution in [0.1, 0.15) is 28.9 Å². The fourth-order valence-electron chi connectivity index (χ4n) is 4.36. The normalized spacial score (nSPS) is 15.8. The highest BCUT2D eigenvalue weighted by molar-refractivity contribution is 6.04. The Labute approximate surface area is 188 Å². The average molecular weight is 432 g/mol. The zero-order valence-electron chi connectivity index (χ0n) is 19.2. The summed E-state index contributed by atoms with van der Waals surface area (Å²) in [7, 11) is 1.62. The van der Waals surface area contributed by atoms with Crippen LogP contribution in [0.4, 0.5) is 11.4 Å². The first-order chi connectivity index (χ1) is 15.3. The van der Waals surface area contributed by atoms with E-state index in [0.29, 0.717) is 18.0 Å². The van der Waals surface area contributed by atoms with Gasteiger partial charge in [0.25, 0.3) is 0 Å². The van der Waals surface area contributed by atoms with E-state index in [1.165, 1.54) is 0 Å². The molecule has 0 saturated carbocycles. The van der Waals surface area contributed by atoms with Crippen molar-refractivity contribution in [2.45, 2.75) is 34.1 Å². The van der Waals surface area contributed by atoms with Crippen molar-refractivity contribution in [2.75, 3.05) is 23.9 Å². The molecule has 166 valence electrons. The number of rotatable bonds is 5. The van der Waals surface area contributed by atoms with Gasteiger partial charge in [-0.1, -0.05) is 12.1 Å². The lowest BCUT2D eigenvalue weighted by Crippen LogP contribution is -2.29. The maximum atomic E-state index is 13.2. The third-order valence-electron chi connectivity index (χ3n) is 6.34. The smallest absolute Gasteiger partial charge is 0.229 e. The van der Waals surface area contributed by atoms with Gasteiger partial charge in [0.15, 0.2) is 0 Å². The topological polar surface area (TPSA) is 63.6 Å². The van der Waals surface area contributed by atoms with Crippen LogP contribution in [0.5, 0.6) is 5.75 Å². The van der Waals surface area contributed by atoms with Crippen molar-refractivity contribution in [3.63, 3.8) is 0 Å². The first-order valence-corrected chi connectivity index (χ1v) is 10.8. The molecule has 1 saturated heterocycles. The van der Waals surface area contributed by atoms with Crippen LogP contribution in [0, 0.1) is 33.6 Å². The molecule has 1 aliphatic heterocycles. The van der Waals surface area contributed by atoms with E-state index in [2.05, 4.69) is 9.88 Å². The number of carbonyl (C=O) groups excluding carboxylic acids is 2. The molecule has 2 amide bonds. The summed E-state index contributed by atoms with van der Waals surface area (Å²) in [5.74, 6) is 0.123. The molecule has 6 nitrogen and oxygen atoms in total. The molecule has 32 heavy (non-hydrogen) atoms. The van der Waals surface area contributed by atoms with Gasteiger partial charge < -0.3 is 19.5 Å². The third kappa shape index (κ3) is 3.88. The molecule has 0 bridgehead atoms. The Morgan fingerprint density at radius 2 is 1.72 bits per heavy atom. The summed E-state index contributed by atoms with van der Waals surface area (Å²) < 4.78 is 7.50. The molecule has 3 aromatic rings. The van der Waals surface area contributed by atoms with Crippen LogP contribution < -0.4 is 15.0 Å². The van der Waals surface area contributed by atoms with Crippen LogP contribution in [-0.2, 0) is 9.59 Å². The van der Waals surface area contributed by atoms with Crippen LogP contribution in [0.2, 0.25) is 0 Å². The minimum Gasteiger partial charge on any atom is -0.497 e. The van der Waals surface area contributed by atoms with Gasteiger partial charge in [0, 0.05) is 36.1 Å². The fraction of sp³-hybridized carbons (Fsp3) is 0.308. The second-order valence-electron chi connectivity index (χ2n) is 8.45. The highest BCUT2D eigenvalue weighted by Crippen LogP contribution is 2.32. The predicted molar refractivity (Wildman–Crippen MR) is 127 cm³/mol. The summed E-state index contributed by atoms with van der Waals surface area (Å²) in [6.45, 7) is 8.46. The molecule has 0 unspecified atom stereocenters. The predicted octanol–water partition coefficient (Wildman–Crippen LogP) is 4.71. The molecule has 0 radical (unpaired) electrons. The van der Waals surface area contributed by atoms with Crippen LogP contribution in [0.15, 0.2) is 48.5 Å². The number of anilines is 2. The first-order valence-electron chi connectivity index (χ1n) is 10.8. The molecule has 1 aromatic heterocycles. The maximum Gasteiger partial charge on any atom is 0.229 e. The first kappa shape index (κ1) is 21.7. The Balaban J connectivity index is 1.60. The van der Waals surface area contributed by atoms with Gasteiger partial charge in [-0.05, 0) is 69.2 Å². The fourth-order valence-corrected chi connectivity index (χ4v) is 4.36. The molecule has 0 spiro atoms. The molecule has 0 aliphatic carbocycles. The highest BCUT2D eigenvalue weighted by atomic mass is 16.5. The monoisotopic (exact) mass is 431 g/mol. The zero-order chi connectivity index (χ0) is 23.0. The Morgan fingerprint density at radius 3 is 2.41 bits per heavy atom. The number of nitrogens with zero attached hydrogens (tertiary/aromatic N) is 2. The van der Waals surface area contributed by atoms with Gasteiger partial charge in [0.05, 0.1) is 24.4 Å². The van der Waals surface area contributed by atoms with E-state index in [1.807, 2.05) is 76.2 Å². The second-order valence-corrected chi connectivity index (χ2v) is 8.45. The molecular formula is C26H29N3O3. The lowest BCUT2D eigenvalue weighted by Gasteiger charge is -2.21. The van der Waals surface area contributed by atoms with E-state index in [-0.39, 0.29) is 18.2 Å². The van der Waals surface area contributed by atoms with Crippen LogP contribution in [0.25, 0.3) is 5.69 Å². The summed E-state index contributed by atoms with van der Waals surface area (Å²) in [6, 6.07) is 15.6. The molecule has 1 N–H and O–H groups in total. The van der Waals surface area contributed by atoms with Gasteiger partial charge in [-0.15, -0.1) is 0 Å². The summed E-state index contributed by atoms with van der Waals surface area (Å²) in [6.07, 6.45) is 0.201. The van der Waals surface area contributed by atoms with E-state index < -0.39 is 5.92 Å². The number of amides is 2. The second kappa shape index (κ2) is 8.54. The largest absolute Gasteiger partial charge is 0.497 e. The van der Waals surface area contributed by atoms with Crippen molar-refractivity contribution in [3.8, 4) is 11.4 Å². The summed E-state index contributed by atoms with van der Waals surface area (Å²) in [4.78, 5) is 27.7. The lowest BCUT2D eigenvalue weighted by atomic mass is 10.1. The van der Waals surface area contributed by atoms with E-state index in [9.17, 15) is 9.59 Å². The van der Waals surface area contributed by atoms with Gasteiger partial charge in [-0.3, -0.25) is 9.59 Å². The molecule has 6 heteroatoms. The Morgan fingerprint density at radius 1 is 1.00 bits per heavy atom. The van der Waals surface area contributed by atoms with Crippen molar-refractivity contribution < 1.29 is 14.3 Å². The third-order valence-corrected chi connectivity index (χ3v) is 6.34. The van der Waals surface area contributed by atoms with E-state index >= 15 is 0 Å². The number of aromatic nitrogens is 1. The summed E-state index contributed by atoms with van der Waals surface area (Å²) in [5, 5.41) is 3.07. The number of methoxy groups -OCH3 is 1. The number of carbonyl (C=O) groups is 2. The number of ether oxygens (including phenoxy) is 1. The quantitative estimate of drug-likeness (QED) is 0.636. The van der Waals surface area contributed by atoms with E-state index in [0.717, 1.165) is 33.9 Å². The van der Waals surface area contributed by atoms with Crippen molar-refractivity contribution >= 4 is 23.2 Å². The lowest BCUT2D eigenvalue weighted by molar-refractivity contribution is -0.122. The standard InChI is InChI=1S/C26H29N3O3/c1-16-7-6-8-23(19(16)4)28-15-20(13-25(28)30)26(31)27-22-12-11-21(32-5)14-24(22)29-17(2)9-10-18(29)3/h6-12,14,20H,13,15H2,1-5H3,(H,27,31)/t20-/m0/s1. The van der Waals surface area contributed by atoms with Crippen molar-refractivity contribution in [2.24, 2.45) is 5.92 Å². The maximum absolute atomic E-state index is 13.2. The Hall–Kier alpha value is -3.54. The SMILES string of the molecule is COc1ccc(NC(=O)[C@H]2CC(=O)N(c3cccc(C)c3C)C2)c(-n2c(C)ccc2C)c1. The van der Waals surface area contributed by atoms with Crippen molar-refractivity contribution in [1.82, 2.24) is 4.57 Å². The number of hydrogen-bond donors (Lipinski definition) is 1. The van der Waals surface area contributed by atoms with Gasteiger partial charge in [0.2, 0.25) is 11.8 Å². The Bertz CT molecular complexity index is 1180. The Kier molecular flexibility index (Phi) is 5.78. The van der Waals surface area contributed by atoms with Crippen LogP contribution in [-0.4, -0.2) is 30.0 Å². The summed E-state index contributed by atoms with van der Waals surface area (Å²) >= 11 is 0. The number of hydrogen-bond acceptors (Lipinski definition) is 3. The molecular weight excluding hydrogens is 402 g/mol. The summed E-state index contributed by atoms with van der Waals surface area (Å²) in [5.41, 5.74) is 6.73. The van der Waals surface area contributed by atoms with Gasteiger partial charge in [-0.25, -0.2) is 0 Å². The number of benzene rings is 2. The van der Waals surface area contributed by atoms with Gasteiger partial charge in [0.1, 0.15) is 5.75 Å². The van der Waals surface area contributed by atoms with Gasteiger partial charge in [-0.2, -0.15) is 0 Å². The molecule has 1 atom stereocenters. The highest BCUT2D eigenvalue weighted by Gasteiger charge is 2.36. The van der Waals surface area contributed by atoms with Gasteiger partial charge >= 0.3 is 0 Å². The molecule has 1 aliphatic rings. The minimum atomic E-state index is -0.413. The molecule has 4 rings (SSSR count). The molecule has 2 heterocycles. The van der Waals surface area contributed by atoms with E-state index in [4.69, 9.17) is 4.74 Å². The van der Waals surface area contributed by atoms with Crippen LogP contribution >= 0.6 is 0 Å². The minimum absolute atomic E-state index is 0.0223. The van der Waals surface area contributed by atoms with Crippen molar-refractivity contribution in [3.05, 3.63) is 71.0 Å². The number of nitrogens with one attached hydrogen (secondary N) is 1. The van der Waals surface area contributed by atoms with Crippen molar-refractivity contribution in [1.29, 1.82) is 0 Å². The average Bonchev–Trinajstić information content (AvgIpc) is 3.32. The van der Waals surface area contributed by atoms with Crippen LogP contribution in [0.3, 0.4) is 0 Å². The number of aryl methyl sites for hydroxylation is 3.